The van der Waals surface area contributed by atoms with Gasteiger partial charge < -0.3 is 10.1 Å². The molecule has 1 unspecified atom stereocenters. The van der Waals surface area contributed by atoms with Gasteiger partial charge in [-0.3, -0.25) is 4.79 Å². The Bertz CT molecular complexity index is 714. The van der Waals surface area contributed by atoms with E-state index >= 15 is 0 Å². The number of benzene rings is 2. The molecule has 23 heavy (non-hydrogen) atoms. The molecule has 1 aliphatic rings. The zero-order chi connectivity index (χ0) is 16.2. The molecule has 0 aliphatic heterocycles. The first kappa shape index (κ1) is 16.1. The second-order valence-corrected chi connectivity index (χ2v) is 6.79. The summed E-state index contributed by atoms with van der Waals surface area (Å²) < 4.78 is 6.49. The van der Waals surface area contributed by atoms with E-state index in [1.165, 1.54) is 11.1 Å². The highest BCUT2D eigenvalue weighted by atomic mass is 79.9. The summed E-state index contributed by atoms with van der Waals surface area (Å²) in [5.41, 5.74) is 3.72. The van der Waals surface area contributed by atoms with Crippen molar-refractivity contribution in [3.8, 4) is 5.75 Å². The van der Waals surface area contributed by atoms with Crippen LogP contribution in [-0.4, -0.2) is 12.5 Å². The zero-order valence-electron chi connectivity index (χ0n) is 13.1. The molecule has 0 bridgehead atoms. The van der Waals surface area contributed by atoms with E-state index in [0.717, 1.165) is 29.3 Å². The van der Waals surface area contributed by atoms with Crippen molar-refractivity contribution in [1.82, 2.24) is 5.32 Å². The molecule has 2 aromatic carbocycles. The number of carbonyl (C=O) groups excluding carboxylic acids is 1. The van der Waals surface area contributed by atoms with E-state index < -0.39 is 0 Å². The number of fused-ring (bicyclic) bond motifs is 1. The van der Waals surface area contributed by atoms with Gasteiger partial charge >= 0.3 is 0 Å². The third kappa shape index (κ3) is 3.94. The van der Waals surface area contributed by atoms with Gasteiger partial charge in [-0.05, 0) is 70.9 Å². The lowest BCUT2D eigenvalue weighted by molar-refractivity contribution is -0.124. The summed E-state index contributed by atoms with van der Waals surface area (Å²) in [6.07, 6.45) is 3.18. The Hall–Kier alpha value is -1.81. The Morgan fingerprint density at radius 1 is 1.30 bits per heavy atom. The number of nitrogens with one attached hydrogen (secondary N) is 1. The molecular weight excluding hydrogens is 354 g/mol. The van der Waals surface area contributed by atoms with Gasteiger partial charge in [0.2, 0.25) is 0 Å². The summed E-state index contributed by atoms with van der Waals surface area (Å²) >= 11 is 3.46. The predicted octanol–water partition coefficient (Wildman–Crippen LogP) is 4.33. The molecule has 1 aliphatic carbocycles. The van der Waals surface area contributed by atoms with Crippen LogP contribution in [0.5, 0.6) is 5.75 Å². The zero-order valence-corrected chi connectivity index (χ0v) is 14.7. The molecule has 0 heterocycles. The topological polar surface area (TPSA) is 38.3 Å². The minimum Gasteiger partial charge on any atom is -0.483 e. The first-order valence-electron chi connectivity index (χ1n) is 7.89. The number of halogens is 1. The van der Waals surface area contributed by atoms with Crippen molar-refractivity contribution < 1.29 is 9.53 Å². The second-order valence-electron chi connectivity index (χ2n) is 5.93. The summed E-state index contributed by atoms with van der Waals surface area (Å²) in [5, 5.41) is 3.10. The molecule has 0 spiro atoms. The molecule has 0 saturated heterocycles. The fourth-order valence-corrected chi connectivity index (χ4v) is 3.61. The van der Waals surface area contributed by atoms with Crippen molar-refractivity contribution in [1.29, 1.82) is 0 Å². The SMILES string of the molecule is Cc1ccc(OCC(=O)NC2CCCc3ccccc32)c(Br)c1. The largest absolute Gasteiger partial charge is 0.483 e. The van der Waals surface area contributed by atoms with E-state index in [4.69, 9.17) is 4.74 Å². The molecule has 0 radical (unpaired) electrons. The molecule has 1 amide bonds. The van der Waals surface area contributed by atoms with Crippen LogP contribution in [0.25, 0.3) is 0 Å². The first-order valence-corrected chi connectivity index (χ1v) is 8.69. The summed E-state index contributed by atoms with van der Waals surface area (Å²) in [4.78, 5) is 12.2. The van der Waals surface area contributed by atoms with Gasteiger partial charge in [-0.2, -0.15) is 0 Å². The van der Waals surface area contributed by atoms with Crippen molar-refractivity contribution in [3.05, 3.63) is 63.6 Å². The van der Waals surface area contributed by atoms with Crippen LogP contribution in [0.3, 0.4) is 0 Å². The van der Waals surface area contributed by atoms with Gasteiger partial charge in [0.05, 0.1) is 10.5 Å². The highest BCUT2D eigenvalue weighted by molar-refractivity contribution is 9.10. The monoisotopic (exact) mass is 373 g/mol. The quantitative estimate of drug-likeness (QED) is 0.865. The van der Waals surface area contributed by atoms with Gasteiger partial charge in [0, 0.05) is 0 Å². The van der Waals surface area contributed by atoms with Gasteiger partial charge in [-0.1, -0.05) is 30.3 Å². The Labute approximate surface area is 145 Å². The number of hydrogen-bond donors (Lipinski definition) is 1. The molecule has 0 saturated carbocycles. The van der Waals surface area contributed by atoms with Crippen molar-refractivity contribution in [2.24, 2.45) is 0 Å². The maximum atomic E-state index is 12.2. The Morgan fingerprint density at radius 3 is 2.96 bits per heavy atom. The van der Waals surface area contributed by atoms with Crippen LogP contribution in [0.15, 0.2) is 46.9 Å². The van der Waals surface area contributed by atoms with Crippen LogP contribution in [0.4, 0.5) is 0 Å². The van der Waals surface area contributed by atoms with Gasteiger partial charge in [0.15, 0.2) is 6.61 Å². The fraction of sp³-hybridized carbons (Fsp3) is 0.316. The fourth-order valence-electron chi connectivity index (χ4n) is 3.01. The van der Waals surface area contributed by atoms with Crippen molar-refractivity contribution >= 4 is 21.8 Å². The number of rotatable bonds is 4. The Balaban J connectivity index is 1.60. The maximum Gasteiger partial charge on any atom is 0.258 e. The molecule has 120 valence electrons. The van der Waals surface area contributed by atoms with Crippen LogP contribution in [-0.2, 0) is 11.2 Å². The van der Waals surface area contributed by atoms with Crippen molar-refractivity contribution in [2.75, 3.05) is 6.61 Å². The standard InChI is InChI=1S/C19H20BrNO2/c1-13-9-10-18(16(20)11-13)23-12-19(22)21-17-8-4-6-14-5-2-3-7-15(14)17/h2-3,5,7,9-11,17H,4,6,8,12H2,1H3,(H,21,22). The van der Waals surface area contributed by atoms with E-state index in [1.54, 1.807) is 0 Å². The average Bonchev–Trinajstić information content (AvgIpc) is 2.54. The average molecular weight is 374 g/mol. The maximum absolute atomic E-state index is 12.2. The number of carbonyl (C=O) groups is 1. The number of aryl methyl sites for hydroxylation is 2. The Kier molecular flexibility index (Phi) is 5.01. The van der Waals surface area contributed by atoms with Crippen molar-refractivity contribution in [2.45, 2.75) is 32.2 Å². The third-order valence-corrected chi connectivity index (χ3v) is 4.77. The number of ether oxygens (including phenoxy) is 1. The highest BCUT2D eigenvalue weighted by Gasteiger charge is 2.21. The molecular formula is C19H20BrNO2. The van der Waals surface area contributed by atoms with Crippen LogP contribution in [0.1, 0.15) is 35.6 Å². The third-order valence-electron chi connectivity index (χ3n) is 4.15. The summed E-state index contributed by atoms with van der Waals surface area (Å²) in [6, 6.07) is 14.3. The lowest BCUT2D eigenvalue weighted by Crippen LogP contribution is -2.34. The number of amides is 1. The molecule has 3 nitrogen and oxygen atoms in total. The summed E-state index contributed by atoms with van der Waals surface area (Å²) in [5.74, 6) is 0.606. The van der Waals surface area contributed by atoms with E-state index in [2.05, 4.69) is 39.4 Å². The normalized spacial score (nSPS) is 16.5. The van der Waals surface area contributed by atoms with Crippen LogP contribution in [0, 0.1) is 6.92 Å². The summed E-state index contributed by atoms with van der Waals surface area (Å²) in [7, 11) is 0. The molecule has 3 rings (SSSR count). The van der Waals surface area contributed by atoms with E-state index in [0.29, 0.717) is 5.75 Å². The lowest BCUT2D eigenvalue weighted by atomic mass is 9.88. The molecule has 1 atom stereocenters. The van der Waals surface area contributed by atoms with Crippen LogP contribution >= 0.6 is 15.9 Å². The molecule has 0 aromatic heterocycles. The minimum atomic E-state index is -0.0841. The van der Waals surface area contributed by atoms with Gasteiger partial charge in [0.1, 0.15) is 5.75 Å². The molecule has 1 N–H and O–H groups in total. The molecule has 0 fully saturated rings. The van der Waals surface area contributed by atoms with Gasteiger partial charge in [-0.15, -0.1) is 0 Å². The van der Waals surface area contributed by atoms with Gasteiger partial charge in [-0.25, -0.2) is 0 Å². The lowest BCUT2D eigenvalue weighted by Gasteiger charge is -2.26. The first-order chi connectivity index (χ1) is 11.1. The van der Waals surface area contributed by atoms with E-state index in [1.807, 2.05) is 31.2 Å². The Morgan fingerprint density at radius 2 is 2.13 bits per heavy atom. The van der Waals surface area contributed by atoms with Crippen molar-refractivity contribution in [3.63, 3.8) is 0 Å². The molecule has 4 heteroatoms. The van der Waals surface area contributed by atoms with Crippen LogP contribution in [0.2, 0.25) is 0 Å². The van der Waals surface area contributed by atoms with Gasteiger partial charge in [0.25, 0.3) is 5.91 Å². The predicted molar refractivity (Wildman–Crippen MR) is 94.6 cm³/mol. The van der Waals surface area contributed by atoms with E-state index in [9.17, 15) is 4.79 Å². The summed E-state index contributed by atoms with van der Waals surface area (Å²) in [6.45, 7) is 2.04. The van der Waals surface area contributed by atoms with E-state index in [-0.39, 0.29) is 18.6 Å². The smallest absolute Gasteiger partial charge is 0.258 e. The van der Waals surface area contributed by atoms with Crippen LogP contribution < -0.4 is 10.1 Å². The highest BCUT2D eigenvalue weighted by Crippen LogP contribution is 2.29. The molecule has 2 aromatic rings. The minimum absolute atomic E-state index is 0.0281. The second kappa shape index (κ2) is 7.18. The number of hydrogen-bond acceptors (Lipinski definition) is 2.